The van der Waals surface area contributed by atoms with Gasteiger partial charge in [-0.05, 0) is 23.7 Å². The van der Waals surface area contributed by atoms with Gasteiger partial charge in [-0.1, -0.05) is 36.4 Å². The number of nitrogens with zero attached hydrogens (tertiary/aromatic N) is 3. The zero-order chi connectivity index (χ0) is 16.7. The molecule has 118 valence electrons. The van der Waals surface area contributed by atoms with E-state index in [2.05, 4.69) is 10.2 Å². The molecule has 0 saturated heterocycles. The average Bonchev–Trinajstić information content (AvgIpc) is 2.95. The normalized spacial score (nSPS) is 11.0. The van der Waals surface area contributed by atoms with Gasteiger partial charge in [0.25, 0.3) is 0 Å². The van der Waals surface area contributed by atoms with Crippen LogP contribution in [0.25, 0.3) is 27.8 Å². The molecule has 4 aromatic rings. The van der Waals surface area contributed by atoms with Crippen molar-refractivity contribution >= 4 is 23.0 Å². The molecule has 0 aliphatic heterocycles. The highest BCUT2D eigenvalue weighted by Gasteiger charge is 2.17. The number of aromatic amines is 1. The maximum atomic E-state index is 11.3. The van der Waals surface area contributed by atoms with E-state index in [1.165, 1.54) is 12.3 Å². The summed E-state index contributed by atoms with van der Waals surface area (Å²) in [5, 5.41) is 30.5. The van der Waals surface area contributed by atoms with E-state index < -0.39 is 0 Å². The number of pyridine rings is 1. The van der Waals surface area contributed by atoms with Gasteiger partial charge in [-0.25, -0.2) is 0 Å². The van der Waals surface area contributed by atoms with Crippen molar-refractivity contribution < 1.29 is 9.84 Å². The second-order valence-electron chi connectivity index (χ2n) is 5.29. The summed E-state index contributed by atoms with van der Waals surface area (Å²) < 4.78 is 2.68. The van der Waals surface area contributed by atoms with E-state index in [0.29, 0.717) is 20.9 Å². The van der Waals surface area contributed by atoms with Crippen LogP contribution in [0.1, 0.15) is 0 Å². The summed E-state index contributed by atoms with van der Waals surface area (Å²) in [4.78, 5) is 0. The minimum absolute atomic E-state index is 0.164. The third-order valence-electron chi connectivity index (χ3n) is 3.83. The van der Waals surface area contributed by atoms with E-state index in [1.807, 2.05) is 42.5 Å². The van der Waals surface area contributed by atoms with Crippen LogP contribution in [-0.2, 0) is 0 Å². The molecule has 0 atom stereocenters. The molecule has 6 nitrogen and oxygen atoms in total. The first-order valence-electron chi connectivity index (χ1n) is 7.23. The van der Waals surface area contributed by atoms with E-state index in [0.717, 1.165) is 22.7 Å². The number of aromatic hydroxyl groups is 1. The average molecular weight is 336 g/mol. The van der Waals surface area contributed by atoms with Crippen molar-refractivity contribution in [3.05, 3.63) is 70.9 Å². The van der Waals surface area contributed by atoms with E-state index in [4.69, 9.17) is 12.2 Å². The summed E-state index contributed by atoms with van der Waals surface area (Å²) in [6.07, 6.45) is 2.39. The van der Waals surface area contributed by atoms with Gasteiger partial charge in [-0.15, -0.1) is 0 Å². The predicted molar refractivity (Wildman–Crippen MR) is 92.3 cm³/mol. The lowest BCUT2D eigenvalue weighted by molar-refractivity contribution is -0.605. The van der Waals surface area contributed by atoms with Crippen molar-refractivity contribution in [3.8, 4) is 22.8 Å². The van der Waals surface area contributed by atoms with Gasteiger partial charge in [0.15, 0.2) is 22.5 Å². The number of H-pyrrole nitrogens is 1. The van der Waals surface area contributed by atoms with Gasteiger partial charge in [-0.3, -0.25) is 9.67 Å². The first kappa shape index (κ1) is 14.4. The molecule has 2 aromatic heterocycles. The van der Waals surface area contributed by atoms with Gasteiger partial charge >= 0.3 is 0 Å². The zero-order valence-corrected chi connectivity index (χ0v) is 13.2. The second kappa shape index (κ2) is 5.47. The summed E-state index contributed by atoms with van der Waals surface area (Å²) in [6.45, 7) is 0. The fourth-order valence-electron chi connectivity index (χ4n) is 2.76. The zero-order valence-electron chi connectivity index (χ0n) is 12.4. The number of benzene rings is 2. The van der Waals surface area contributed by atoms with Gasteiger partial charge in [0.05, 0.1) is 11.3 Å². The van der Waals surface area contributed by atoms with Crippen LogP contribution >= 0.6 is 12.2 Å². The van der Waals surface area contributed by atoms with Crippen LogP contribution in [0, 0.1) is 9.98 Å². The molecule has 0 radical (unpaired) electrons. The minimum atomic E-state index is -0.164. The van der Waals surface area contributed by atoms with Crippen LogP contribution < -0.4 is 4.73 Å². The Kier molecular flexibility index (Phi) is 3.28. The van der Waals surface area contributed by atoms with Crippen molar-refractivity contribution in [2.24, 2.45) is 0 Å². The van der Waals surface area contributed by atoms with E-state index in [1.54, 1.807) is 4.57 Å². The highest BCUT2D eigenvalue weighted by atomic mass is 32.1. The molecule has 2 aromatic carbocycles. The molecule has 24 heavy (non-hydrogen) atoms. The number of hydrogen-bond donors (Lipinski definition) is 2. The van der Waals surface area contributed by atoms with Gasteiger partial charge < -0.3 is 10.3 Å². The van der Waals surface area contributed by atoms with Crippen LogP contribution in [0.3, 0.4) is 0 Å². The molecule has 0 aliphatic rings. The number of aromatic nitrogens is 4. The van der Waals surface area contributed by atoms with Crippen LogP contribution in [0.15, 0.2) is 60.9 Å². The molecule has 2 N–H and O–H groups in total. The van der Waals surface area contributed by atoms with Gasteiger partial charge in [-0.2, -0.15) is 9.83 Å². The molecule has 0 spiro atoms. The first-order chi connectivity index (χ1) is 11.6. The second-order valence-corrected chi connectivity index (χ2v) is 5.68. The fraction of sp³-hybridized carbons (Fsp3) is 0. The Labute approximate surface area is 141 Å². The Morgan fingerprint density at radius 2 is 1.92 bits per heavy atom. The van der Waals surface area contributed by atoms with Crippen molar-refractivity contribution in [1.82, 2.24) is 14.8 Å². The number of rotatable bonds is 2. The lowest BCUT2D eigenvalue weighted by Crippen LogP contribution is -2.23. The topological polar surface area (TPSA) is 80.8 Å². The highest BCUT2D eigenvalue weighted by Crippen LogP contribution is 2.30. The SMILES string of the molecule is [O-][n+]1ccc(-c2n[nH]c(=S)n2-c2cccc3ccccc23)c(O)c1. The van der Waals surface area contributed by atoms with Crippen LogP contribution in [0.4, 0.5) is 0 Å². The minimum Gasteiger partial charge on any atom is -0.619 e. The maximum Gasteiger partial charge on any atom is 0.223 e. The fourth-order valence-corrected chi connectivity index (χ4v) is 2.99. The Morgan fingerprint density at radius 1 is 1.12 bits per heavy atom. The molecule has 2 heterocycles. The predicted octanol–water partition coefficient (Wildman–Crippen LogP) is 3.09. The maximum absolute atomic E-state index is 11.3. The summed E-state index contributed by atoms with van der Waals surface area (Å²) in [6, 6.07) is 15.3. The molecule has 0 fully saturated rings. The quantitative estimate of drug-likeness (QED) is 0.335. The summed E-state index contributed by atoms with van der Waals surface area (Å²) >= 11 is 5.38. The smallest absolute Gasteiger partial charge is 0.223 e. The van der Waals surface area contributed by atoms with Crippen molar-refractivity contribution in [2.45, 2.75) is 0 Å². The molecule has 0 aliphatic carbocycles. The Morgan fingerprint density at radius 3 is 2.75 bits per heavy atom. The number of nitrogens with one attached hydrogen (secondary N) is 1. The lowest BCUT2D eigenvalue weighted by Gasteiger charge is -2.11. The molecule has 7 heteroatoms. The number of fused-ring (bicyclic) bond motifs is 1. The third-order valence-corrected chi connectivity index (χ3v) is 4.11. The molecular formula is C17H12N4O2S. The monoisotopic (exact) mass is 336 g/mol. The largest absolute Gasteiger partial charge is 0.619 e. The Hall–Kier alpha value is -3.19. The van der Waals surface area contributed by atoms with Crippen molar-refractivity contribution in [3.63, 3.8) is 0 Å². The van der Waals surface area contributed by atoms with E-state index in [9.17, 15) is 10.3 Å². The van der Waals surface area contributed by atoms with Crippen LogP contribution in [0.2, 0.25) is 0 Å². The van der Waals surface area contributed by atoms with Gasteiger partial charge in [0, 0.05) is 11.5 Å². The van der Waals surface area contributed by atoms with Crippen molar-refractivity contribution in [2.75, 3.05) is 0 Å². The lowest BCUT2D eigenvalue weighted by atomic mass is 10.1. The molecule has 0 bridgehead atoms. The Balaban J connectivity index is 2.03. The van der Waals surface area contributed by atoms with E-state index >= 15 is 0 Å². The molecule has 0 unspecified atom stereocenters. The molecule has 4 rings (SSSR count). The van der Waals surface area contributed by atoms with Crippen LogP contribution in [-0.4, -0.2) is 19.9 Å². The van der Waals surface area contributed by atoms with Gasteiger partial charge in [0.1, 0.15) is 0 Å². The summed E-state index contributed by atoms with van der Waals surface area (Å²) in [5.74, 6) is 0.275. The molecule has 0 saturated carbocycles. The van der Waals surface area contributed by atoms with E-state index in [-0.39, 0.29) is 5.75 Å². The van der Waals surface area contributed by atoms with Gasteiger partial charge in [0.2, 0.25) is 6.20 Å². The van der Waals surface area contributed by atoms with Crippen LogP contribution in [0.5, 0.6) is 5.75 Å². The summed E-state index contributed by atoms with van der Waals surface area (Å²) in [5.41, 5.74) is 1.27. The highest BCUT2D eigenvalue weighted by molar-refractivity contribution is 7.71. The standard InChI is InChI=1S/C17H12N4O2S/c22-15-10-20(23)9-8-13(15)16-18-19-17(24)21(16)14-7-3-5-11-4-1-2-6-12(11)14/h1-10,22H,(H,19,24). The summed E-state index contributed by atoms with van der Waals surface area (Å²) in [7, 11) is 0. The Bertz CT molecular complexity index is 1110. The molecular weight excluding hydrogens is 324 g/mol. The first-order valence-corrected chi connectivity index (χ1v) is 7.64. The molecule has 0 amide bonds. The third kappa shape index (κ3) is 2.22. The number of hydrogen-bond acceptors (Lipinski definition) is 4. The van der Waals surface area contributed by atoms with Crippen molar-refractivity contribution in [1.29, 1.82) is 0 Å².